The van der Waals surface area contributed by atoms with Gasteiger partial charge in [-0.3, -0.25) is 4.99 Å². The molecule has 0 heterocycles. The molecule has 0 rings (SSSR count). The number of allylic oxidation sites excluding steroid dienone is 1. The molecule has 0 aromatic rings. The molecular weight excluding hydrogens is 182 g/mol. The predicted molar refractivity (Wildman–Crippen MR) is 70.4 cm³/mol. The summed E-state index contributed by atoms with van der Waals surface area (Å²) in [6.45, 7) is 17.6. The smallest absolute Gasteiger partial charge is 0.0264 e. The second kappa shape index (κ2) is 4.96. The van der Waals surface area contributed by atoms with Gasteiger partial charge in [0.2, 0.25) is 0 Å². The molecule has 0 spiro atoms. The second-order valence-corrected chi connectivity index (χ2v) is 6.22. The first-order chi connectivity index (χ1) is 6.59. The van der Waals surface area contributed by atoms with Crippen molar-refractivity contribution in [2.45, 2.75) is 61.8 Å². The lowest BCUT2D eigenvalue weighted by Gasteiger charge is -2.22. The van der Waals surface area contributed by atoms with Gasteiger partial charge in [-0.25, -0.2) is 0 Å². The molecule has 0 saturated heterocycles. The first-order valence-corrected chi connectivity index (χ1v) is 5.83. The molecule has 0 fully saturated rings. The summed E-state index contributed by atoms with van der Waals surface area (Å²) in [4.78, 5) is 4.59. The zero-order valence-corrected chi connectivity index (χ0v) is 11.7. The minimum absolute atomic E-state index is 0.174. The molecule has 88 valence electrons. The maximum absolute atomic E-state index is 4.59. The van der Waals surface area contributed by atoms with Crippen LogP contribution in [-0.4, -0.2) is 5.71 Å². The van der Waals surface area contributed by atoms with Gasteiger partial charge in [-0.1, -0.05) is 48.5 Å². The Morgan fingerprint density at radius 3 is 1.73 bits per heavy atom. The Labute approximate surface area is 95.7 Å². The van der Waals surface area contributed by atoms with Gasteiger partial charge in [0.05, 0.1) is 0 Å². The fourth-order valence-electron chi connectivity index (χ4n) is 1.18. The van der Waals surface area contributed by atoms with Gasteiger partial charge >= 0.3 is 0 Å². The molecule has 0 N–H and O–H groups in total. The zero-order valence-electron chi connectivity index (χ0n) is 11.7. The molecule has 0 atom stereocenters. The van der Waals surface area contributed by atoms with Crippen molar-refractivity contribution in [2.75, 3.05) is 0 Å². The van der Waals surface area contributed by atoms with E-state index in [4.69, 9.17) is 0 Å². The highest BCUT2D eigenvalue weighted by Gasteiger charge is 2.16. The number of rotatable bonds is 2. The summed E-state index contributed by atoms with van der Waals surface area (Å²) in [5, 5.41) is 0. The molecule has 1 heteroatoms. The fourth-order valence-corrected chi connectivity index (χ4v) is 1.18. The lowest BCUT2D eigenvalue weighted by atomic mass is 9.85. The van der Waals surface area contributed by atoms with Crippen LogP contribution in [0.15, 0.2) is 16.8 Å². The van der Waals surface area contributed by atoms with Crippen LogP contribution in [0, 0.1) is 10.8 Å². The Morgan fingerprint density at radius 2 is 1.47 bits per heavy atom. The summed E-state index contributed by atoms with van der Waals surface area (Å²) in [6, 6.07) is 0. The fraction of sp³-hybridized carbons (Fsp3) is 0.786. The molecule has 15 heavy (non-hydrogen) atoms. The number of hydrogen-bond acceptors (Lipinski definition) is 1. The van der Waals surface area contributed by atoms with E-state index in [1.165, 1.54) is 11.3 Å². The van der Waals surface area contributed by atoms with Crippen LogP contribution in [-0.2, 0) is 0 Å². The standard InChI is InChI=1S/C14H27N/c1-9-12(14(6,7)8)10-15-11(2)13(3,4)5/h10H,9H2,1-8H3/b12-10+,15-11?. The molecule has 0 radical (unpaired) electrons. The van der Waals surface area contributed by atoms with Crippen LogP contribution in [0.2, 0.25) is 0 Å². The molecule has 0 bridgehead atoms. The van der Waals surface area contributed by atoms with Gasteiger partial charge in [0.1, 0.15) is 0 Å². The van der Waals surface area contributed by atoms with Crippen molar-refractivity contribution in [3.8, 4) is 0 Å². The monoisotopic (exact) mass is 209 g/mol. The Hall–Kier alpha value is -0.590. The number of aliphatic imine (C=N–C) groups is 1. The highest BCUT2D eigenvalue weighted by atomic mass is 14.7. The molecule has 0 aliphatic rings. The third-order valence-corrected chi connectivity index (χ3v) is 2.84. The van der Waals surface area contributed by atoms with Crippen molar-refractivity contribution < 1.29 is 0 Å². The molecule has 0 saturated carbocycles. The summed E-state index contributed by atoms with van der Waals surface area (Å²) in [5.41, 5.74) is 3.01. The van der Waals surface area contributed by atoms with Crippen LogP contribution in [0.25, 0.3) is 0 Å². The van der Waals surface area contributed by atoms with E-state index in [9.17, 15) is 0 Å². The maximum Gasteiger partial charge on any atom is 0.0264 e. The zero-order chi connectivity index (χ0) is 12.3. The Balaban J connectivity index is 4.91. The van der Waals surface area contributed by atoms with E-state index in [1.54, 1.807) is 0 Å². The van der Waals surface area contributed by atoms with Crippen LogP contribution in [0.3, 0.4) is 0 Å². The van der Waals surface area contributed by atoms with E-state index < -0.39 is 0 Å². The van der Waals surface area contributed by atoms with E-state index in [-0.39, 0.29) is 10.8 Å². The lowest BCUT2D eigenvalue weighted by Crippen LogP contribution is -2.16. The van der Waals surface area contributed by atoms with Crippen LogP contribution in [0.5, 0.6) is 0 Å². The van der Waals surface area contributed by atoms with E-state index in [0.717, 1.165) is 6.42 Å². The second-order valence-electron chi connectivity index (χ2n) is 6.22. The van der Waals surface area contributed by atoms with Crippen molar-refractivity contribution in [3.05, 3.63) is 11.8 Å². The van der Waals surface area contributed by atoms with E-state index in [1.807, 2.05) is 0 Å². The van der Waals surface area contributed by atoms with Crippen molar-refractivity contribution in [2.24, 2.45) is 15.8 Å². The average Bonchev–Trinajstić information content (AvgIpc) is 2.00. The Morgan fingerprint density at radius 1 is 1.00 bits per heavy atom. The summed E-state index contributed by atoms with van der Waals surface area (Å²) >= 11 is 0. The quantitative estimate of drug-likeness (QED) is 0.577. The third-order valence-electron chi connectivity index (χ3n) is 2.84. The molecule has 0 aliphatic carbocycles. The van der Waals surface area contributed by atoms with Crippen molar-refractivity contribution in [1.82, 2.24) is 0 Å². The van der Waals surface area contributed by atoms with Crippen LogP contribution in [0.4, 0.5) is 0 Å². The summed E-state index contributed by atoms with van der Waals surface area (Å²) in [7, 11) is 0. The van der Waals surface area contributed by atoms with Crippen LogP contribution < -0.4 is 0 Å². The normalized spacial score (nSPS) is 15.7. The summed E-state index contributed by atoms with van der Waals surface area (Å²) in [6.07, 6.45) is 3.13. The van der Waals surface area contributed by atoms with Crippen LogP contribution in [0.1, 0.15) is 61.8 Å². The van der Waals surface area contributed by atoms with Gasteiger partial charge in [-0.05, 0) is 29.7 Å². The first-order valence-electron chi connectivity index (χ1n) is 5.83. The molecular formula is C14H27N. The Kier molecular flexibility index (Phi) is 4.76. The predicted octanol–water partition coefficient (Wildman–Crippen LogP) is 4.83. The summed E-state index contributed by atoms with van der Waals surface area (Å²) < 4.78 is 0. The number of nitrogens with zero attached hydrogens (tertiary/aromatic N) is 1. The molecule has 0 amide bonds. The van der Waals surface area contributed by atoms with Crippen LogP contribution >= 0.6 is 0 Å². The molecule has 1 nitrogen and oxygen atoms in total. The third kappa shape index (κ3) is 5.15. The minimum Gasteiger partial charge on any atom is -0.265 e. The van der Waals surface area contributed by atoms with Gasteiger partial charge in [-0.2, -0.15) is 0 Å². The lowest BCUT2D eigenvalue weighted by molar-refractivity contribution is 0.486. The summed E-state index contributed by atoms with van der Waals surface area (Å²) in [5.74, 6) is 0. The molecule has 0 aliphatic heterocycles. The van der Waals surface area contributed by atoms with E-state index in [0.29, 0.717) is 0 Å². The van der Waals surface area contributed by atoms with Crippen molar-refractivity contribution in [1.29, 1.82) is 0 Å². The van der Waals surface area contributed by atoms with Gasteiger partial charge in [0, 0.05) is 11.9 Å². The number of hydrogen-bond donors (Lipinski definition) is 0. The molecule has 0 aromatic carbocycles. The maximum atomic E-state index is 4.59. The Bertz CT molecular complexity index is 256. The molecule has 0 unspecified atom stereocenters. The largest absolute Gasteiger partial charge is 0.265 e. The highest BCUT2D eigenvalue weighted by molar-refractivity contribution is 5.87. The van der Waals surface area contributed by atoms with Crippen molar-refractivity contribution >= 4 is 5.71 Å². The van der Waals surface area contributed by atoms with Gasteiger partial charge in [0.15, 0.2) is 0 Å². The minimum atomic E-state index is 0.174. The topological polar surface area (TPSA) is 12.4 Å². The van der Waals surface area contributed by atoms with Gasteiger partial charge in [-0.15, -0.1) is 0 Å². The van der Waals surface area contributed by atoms with Gasteiger partial charge < -0.3 is 0 Å². The average molecular weight is 209 g/mol. The SMILES string of the molecule is CC/C(=C\N=C(C)C(C)(C)C)C(C)(C)C. The highest BCUT2D eigenvalue weighted by Crippen LogP contribution is 2.28. The van der Waals surface area contributed by atoms with E-state index in [2.05, 4.69) is 66.6 Å². The van der Waals surface area contributed by atoms with E-state index >= 15 is 0 Å². The first kappa shape index (κ1) is 14.4. The van der Waals surface area contributed by atoms with Crippen molar-refractivity contribution in [3.63, 3.8) is 0 Å². The van der Waals surface area contributed by atoms with Gasteiger partial charge in [0.25, 0.3) is 0 Å². The molecule has 0 aromatic heterocycles.